The van der Waals surface area contributed by atoms with Gasteiger partial charge in [0.25, 0.3) is 0 Å². The zero-order valence-electron chi connectivity index (χ0n) is 11.0. The molecule has 0 saturated carbocycles. The second-order valence-electron chi connectivity index (χ2n) is 4.59. The van der Waals surface area contributed by atoms with E-state index in [9.17, 15) is 0 Å². The number of nitrogens with one attached hydrogen (secondary N) is 1. The van der Waals surface area contributed by atoms with Crippen molar-refractivity contribution < 1.29 is 4.74 Å². The van der Waals surface area contributed by atoms with Crippen LogP contribution in [0.5, 0.6) is 5.75 Å². The lowest BCUT2D eigenvalue weighted by Gasteiger charge is -2.32. The second-order valence-corrected chi connectivity index (χ2v) is 6.28. The number of hydrogen-bond acceptors (Lipinski definition) is 4. The molecule has 3 nitrogen and oxygen atoms in total. The van der Waals surface area contributed by atoms with Crippen molar-refractivity contribution in [1.82, 2.24) is 10.3 Å². The van der Waals surface area contributed by atoms with Gasteiger partial charge in [-0.2, -0.15) is 0 Å². The molecule has 1 aliphatic rings. The largest absolute Gasteiger partial charge is 0.492 e. The summed E-state index contributed by atoms with van der Waals surface area (Å²) in [5, 5.41) is 5.29. The maximum Gasteiger partial charge on any atom is 0.124 e. The van der Waals surface area contributed by atoms with Gasteiger partial charge >= 0.3 is 0 Å². The highest BCUT2D eigenvalue weighted by atomic mass is 35.5. The molecule has 1 aromatic heterocycles. The van der Waals surface area contributed by atoms with Gasteiger partial charge in [0.1, 0.15) is 12.4 Å². The third-order valence-electron chi connectivity index (χ3n) is 3.31. The van der Waals surface area contributed by atoms with Crippen LogP contribution < -0.4 is 10.1 Å². The highest BCUT2D eigenvalue weighted by Crippen LogP contribution is 2.39. The smallest absolute Gasteiger partial charge is 0.124 e. The molecule has 104 valence electrons. The van der Waals surface area contributed by atoms with Gasteiger partial charge in [-0.25, -0.2) is 4.98 Å². The van der Waals surface area contributed by atoms with Crippen molar-refractivity contribution in [2.45, 2.75) is 16.3 Å². The number of para-hydroxylation sites is 1. The van der Waals surface area contributed by atoms with Crippen LogP contribution in [-0.4, -0.2) is 23.9 Å². The first kappa shape index (κ1) is 13.7. The van der Waals surface area contributed by atoms with Crippen molar-refractivity contribution in [3.8, 4) is 5.75 Å². The quantitative estimate of drug-likeness (QED) is 0.940. The Morgan fingerprint density at radius 1 is 1.30 bits per heavy atom. The Hall–Kier alpha value is -1.23. The van der Waals surface area contributed by atoms with Crippen LogP contribution in [-0.2, 0) is 0 Å². The number of benzene rings is 1. The molecule has 3 rings (SSSR count). The van der Waals surface area contributed by atoms with E-state index in [1.165, 1.54) is 5.56 Å². The molecule has 20 heavy (non-hydrogen) atoms. The number of fused-ring (bicyclic) bond motifs is 1. The molecule has 5 heteroatoms. The number of aromatic nitrogens is 1. The van der Waals surface area contributed by atoms with E-state index in [2.05, 4.69) is 16.4 Å². The van der Waals surface area contributed by atoms with E-state index in [0.29, 0.717) is 11.6 Å². The lowest BCUT2D eigenvalue weighted by molar-refractivity contribution is 0.265. The average molecular weight is 307 g/mol. The van der Waals surface area contributed by atoms with E-state index < -0.39 is 0 Å². The third-order valence-corrected chi connectivity index (χ3v) is 4.73. The summed E-state index contributed by atoms with van der Waals surface area (Å²) in [5.41, 5.74) is 1.20. The monoisotopic (exact) mass is 306 g/mol. The summed E-state index contributed by atoms with van der Waals surface area (Å²) in [6, 6.07) is 12.2. The van der Waals surface area contributed by atoms with Crippen LogP contribution in [0.3, 0.4) is 0 Å². The summed E-state index contributed by atoms with van der Waals surface area (Å²) in [6.45, 7) is 0.664. The van der Waals surface area contributed by atoms with E-state index in [-0.39, 0.29) is 11.3 Å². The molecule has 0 aliphatic carbocycles. The van der Waals surface area contributed by atoms with Gasteiger partial charge in [-0.1, -0.05) is 41.6 Å². The lowest BCUT2D eigenvalue weighted by Crippen LogP contribution is -2.35. The average Bonchev–Trinajstić information content (AvgIpc) is 2.49. The third kappa shape index (κ3) is 2.77. The van der Waals surface area contributed by atoms with Crippen LogP contribution in [0.4, 0.5) is 0 Å². The minimum atomic E-state index is 0.252. The maximum absolute atomic E-state index is 5.87. The van der Waals surface area contributed by atoms with Crippen LogP contribution in [0.1, 0.15) is 11.6 Å². The fraction of sp³-hybridized carbons (Fsp3) is 0.267. The molecule has 0 radical (unpaired) electrons. The summed E-state index contributed by atoms with van der Waals surface area (Å²) in [4.78, 5) is 4.34. The number of hydrogen-bond donors (Lipinski definition) is 1. The summed E-state index contributed by atoms with van der Waals surface area (Å²) in [5.74, 6) is 0.966. The van der Waals surface area contributed by atoms with Gasteiger partial charge in [-0.05, 0) is 25.2 Å². The van der Waals surface area contributed by atoms with E-state index in [0.717, 1.165) is 10.8 Å². The summed E-state index contributed by atoms with van der Waals surface area (Å²) >= 11 is 7.58. The highest BCUT2D eigenvalue weighted by molar-refractivity contribution is 7.99. The molecule has 2 heterocycles. The van der Waals surface area contributed by atoms with Gasteiger partial charge < -0.3 is 10.1 Å². The van der Waals surface area contributed by atoms with Gasteiger partial charge in [-0.15, -0.1) is 0 Å². The predicted octanol–water partition coefficient (Wildman–Crippen LogP) is 3.55. The zero-order chi connectivity index (χ0) is 13.9. The summed E-state index contributed by atoms with van der Waals surface area (Å²) < 4.78 is 5.85. The molecule has 0 saturated heterocycles. The molecular formula is C15H15ClN2OS. The van der Waals surface area contributed by atoms with Crippen molar-refractivity contribution in [1.29, 1.82) is 0 Å². The fourth-order valence-electron chi connectivity index (χ4n) is 2.37. The van der Waals surface area contributed by atoms with Crippen molar-refractivity contribution in [2.75, 3.05) is 13.7 Å². The fourth-order valence-corrected chi connectivity index (χ4v) is 3.60. The molecule has 0 fully saturated rings. The first-order chi connectivity index (χ1) is 9.78. The van der Waals surface area contributed by atoms with Crippen molar-refractivity contribution in [3.63, 3.8) is 0 Å². The number of nitrogens with zero attached hydrogens (tertiary/aromatic N) is 1. The molecule has 2 unspecified atom stereocenters. The van der Waals surface area contributed by atoms with Gasteiger partial charge in [0, 0.05) is 11.8 Å². The highest BCUT2D eigenvalue weighted by Gasteiger charge is 2.30. The van der Waals surface area contributed by atoms with E-state index >= 15 is 0 Å². The van der Waals surface area contributed by atoms with Crippen molar-refractivity contribution >= 4 is 23.4 Å². The Morgan fingerprint density at radius 3 is 2.90 bits per heavy atom. The number of halogens is 1. The van der Waals surface area contributed by atoms with E-state index in [1.54, 1.807) is 18.0 Å². The Bertz CT molecular complexity index is 591. The lowest BCUT2D eigenvalue weighted by atomic mass is 10.0. The Labute approximate surface area is 127 Å². The van der Waals surface area contributed by atoms with Crippen molar-refractivity contribution in [3.05, 3.63) is 53.2 Å². The molecular weight excluding hydrogens is 292 g/mol. The van der Waals surface area contributed by atoms with Crippen LogP contribution >= 0.6 is 23.4 Å². The SMILES string of the molecule is CNC1c2ccccc2OCC1Sc1ccc(Cl)cn1. The molecule has 1 aliphatic heterocycles. The standard InChI is InChI=1S/C15H15ClN2OS/c1-17-15-11-4-2-3-5-12(11)19-9-13(15)20-14-7-6-10(16)8-18-14/h2-8,13,15,17H,9H2,1H3. The molecule has 0 amide bonds. The van der Waals surface area contributed by atoms with Crippen LogP contribution in [0.15, 0.2) is 47.6 Å². The minimum Gasteiger partial charge on any atom is -0.492 e. The second kappa shape index (κ2) is 6.04. The Morgan fingerprint density at radius 2 is 2.15 bits per heavy atom. The van der Waals surface area contributed by atoms with Crippen LogP contribution in [0.2, 0.25) is 5.02 Å². The number of pyridine rings is 1. The predicted molar refractivity (Wildman–Crippen MR) is 82.6 cm³/mol. The van der Waals surface area contributed by atoms with Crippen LogP contribution in [0.25, 0.3) is 0 Å². The molecule has 0 bridgehead atoms. The number of rotatable bonds is 3. The minimum absolute atomic E-state index is 0.252. The first-order valence-electron chi connectivity index (χ1n) is 6.45. The van der Waals surface area contributed by atoms with Gasteiger partial charge in [0.15, 0.2) is 0 Å². The zero-order valence-corrected chi connectivity index (χ0v) is 12.6. The van der Waals surface area contributed by atoms with Crippen LogP contribution in [0, 0.1) is 0 Å². The molecule has 2 aromatic rings. The summed E-state index contributed by atoms with van der Waals surface area (Å²) in [6.07, 6.45) is 1.68. The molecule has 1 aromatic carbocycles. The normalized spacial score (nSPS) is 21.1. The maximum atomic E-state index is 5.87. The first-order valence-corrected chi connectivity index (χ1v) is 7.71. The van der Waals surface area contributed by atoms with Gasteiger partial charge in [0.2, 0.25) is 0 Å². The van der Waals surface area contributed by atoms with E-state index in [1.807, 2.05) is 37.4 Å². The number of thioether (sulfide) groups is 1. The van der Waals surface area contributed by atoms with E-state index in [4.69, 9.17) is 16.3 Å². The molecule has 0 spiro atoms. The Balaban J connectivity index is 1.82. The number of ether oxygens (including phenoxy) is 1. The van der Waals surface area contributed by atoms with Crippen molar-refractivity contribution in [2.24, 2.45) is 0 Å². The van der Waals surface area contributed by atoms with Gasteiger partial charge in [0.05, 0.1) is 21.3 Å². The summed E-state index contributed by atoms with van der Waals surface area (Å²) in [7, 11) is 1.98. The molecule has 1 N–H and O–H groups in total. The topological polar surface area (TPSA) is 34.1 Å². The van der Waals surface area contributed by atoms with Gasteiger partial charge in [-0.3, -0.25) is 0 Å². The molecule has 2 atom stereocenters. The Kier molecular flexibility index (Phi) is 4.15.